The van der Waals surface area contributed by atoms with Gasteiger partial charge in [0.05, 0.1) is 0 Å². The minimum absolute atomic E-state index is 0.196. The Balaban J connectivity index is 2.23. The van der Waals surface area contributed by atoms with E-state index >= 15 is 0 Å². The molecule has 0 saturated carbocycles. The van der Waals surface area contributed by atoms with E-state index in [1.54, 1.807) is 23.5 Å². The highest BCUT2D eigenvalue weighted by Gasteiger charge is 2.21. The van der Waals surface area contributed by atoms with E-state index in [1.165, 1.54) is 11.6 Å². The zero-order chi connectivity index (χ0) is 16.3. The Kier molecular flexibility index (Phi) is 5.32. The van der Waals surface area contributed by atoms with Crippen molar-refractivity contribution in [1.82, 2.24) is 4.90 Å². The average Bonchev–Trinajstić information content (AvgIpc) is 2.98. The van der Waals surface area contributed by atoms with Gasteiger partial charge in [0.1, 0.15) is 5.82 Å². The number of benzene rings is 1. The van der Waals surface area contributed by atoms with Crippen LogP contribution in [0.1, 0.15) is 48.3 Å². The number of primary amides is 1. The Labute approximate surface area is 134 Å². The van der Waals surface area contributed by atoms with E-state index in [1.807, 2.05) is 5.38 Å². The lowest BCUT2D eigenvalue weighted by molar-refractivity contribution is 0.0999. The number of carbonyl (C=O) groups is 1. The number of halogens is 1. The van der Waals surface area contributed by atoms with Gasteiger partial charge >= 0.3 is 0 Å². The minimum atomic E-state index is -0.613. The molecular weight excluding hydrogens is 299 g/mol. The lowest BCUT2D eigenvalue weighted by atomic mass is 10.1. The third kappa shape index (κ3) is 3.72. The SMILES string of the molecule is CC(C)N(Cc1ccc(C(N)=O)cc1F)C(C)c1ccsc1. The second kappa shape index (κ2) is 7.03. The summed E-state index contributed by atoms with van der Waals surface area (Å²) in [7, 11) is 0. The topological polar surface area (TPSA) is 46.3 Å². The molecule has 2 N–H and O–H groups in total. The van der Waals surface area contributed by atoms with E-state index in [2.05, 4.69) is 37.1 Å². The summed E-state index contributed by atoms with van der Waals surface area (Å²) in [5, 5.41) is 4.17. The van der Waals surface area contributed by atoms with E-state index in [9.17, 15) is 9.18 Å². The molecule has 0 radical (unpaired) electrons. The van der Waals surface area contributed by atoms with Crippen LogP contribution >= 0.6 is 11.3 Å². The first-order valence-corrected chi connectivity index (χ1v) is 8.20. The smallest absolute Gasteiger partial charge is 0.248 e. The minimum Gasteiger partial charge on any atom is -0.366 e. The number of hydrogen-bond donors (Lipinski definition) is 1. The van der Waals surface area contributed by atoms with Gasteiger partial charge in [-0.15, -0.1) is 0 Å². The highest BCUT2D eigenvalue weighted by atomic mass is 32.1. The fourth-order valence-electron chi connectivity index (χ4n) is 2.50. The van der Waals surface area contributed by atoms with Gasteiger partial charge in [-0.2, -0.15) is 11.3 Å². The molecule has 2 aromatic rings. The van der Waals surface area contributed by atoms with Gasteiger partial charge in [-0.05, 0) is 55.3 Å². The first kappa shape index (κ1) is 16.6. The van der Waals surface area contributed by atoms with Gasteiger partial charge in [-0.3, -0.25) is 9.69 Å². The van der Waals surface area contributed by atoms with Crippen molar-refractivity contribution < 1.29 is 9.18 Å². The highest BCUT2D eigenvalue weighted by molar-refractivity contribution is 7.07. The van der Waals surface area contributed by atoms with Crippen LogP contribution in [0.25, 0.3) is 0 Å². The number of nitrogens with zero attached hydrogens (tertiary/aromatic N) is 1. The molecule has 1 aromatic heterocycles. The molecule has 0 aliphatic heterocycles. The predicted molar refractivity (Wildman–Crippen MR) is 88.3 cm³/mol. The highest BCUT2D eigenvalue weighted by Crippen LogP contribution is 2.27. The molecule has 0 spiro atoms. The van der Waals surface area contributed by atoms with E-state index in [4.69, 9.17) is 5.73 Å². The molecule has 0 bridgehead atoms. The molecule has 1 aromatic carbocycles. The van der Waals surface area contributed by atoms with Crippen molar-refractivity contribution in [2.24, 2.45) is 5.73 Å². The molecule has 0 fully saturated rings. The van der Waals surface area contributed by atoms with Gasteiger partial charge < -0.3 is 5.73 Å². The zero-order valence-electron chi connectivity index (χ0n) is 13.0. The first-order chi connectivity index (χ1) is 10.4. The molecule has 1 atom stereocenters. The van der Waals surface area contributed by atoms with E-state index in [-0.39, 0.29) is 23.5 Å². The van der Waals surface area contributed by atoms with Crippen molar-refractivity contribution in [3.63, 3.8) is 0 Å². The van der Waals surface area contributed by atoms with Crippen LogP contribution in [-0.2, 0) is 6.54 Å². The van der Waals surface area contributed by atoms with Crippen LogP contribution < -0.4 is 5.73 Å². The van der Waals surface area contributed by atoms with Crippen LogP contribution in [0.2, 0.25) is 0 Å². The van der Waals surface area contributed by atoms with E-state index < -0.39 is 5.91 Å². The van der Waals surface area contributed by atoms with Gasteiger partial charge in [0.2, 0.25) is 5.91 Å². The van der Waals surface area contributed by atoms with Gasteiger partial charge in [0.25, 0.3) is 0 Å². The Hall–Kier alpha value is -1.72. The van der Waals surface area contributed by atoms with Crippen molar-refractivity contribution in [1.29, 1.82) is 0 Å². The first-order valence-electron chi connectivity index (χ1n) is 7.26. The summed E-state index contributed by atoms with van der Waals surface area (Å²) in [6.07, 6.45) is 0. The summed E-state index contributed by atoms with van der Waals surface area (Å²) in [4.78, 5) is 13.3. The maximum absolute atomic E-state index is 14.2. The Morgan fingerprint density at radius 3 is 2.55 bits per heavy atom. The number of nitrogens with two attached hydrogens (primary N) is 1. The van der Waals surface area contributed by atoms with Crippen LogP contribution in [0.4, 0.5) is 4.39 Å². The average molecular weight is 320 g/mol. The molecule has 0 aliphatic carbocycles. The summed E-state index contributed by atoms with van der Waals surface area (Å²) in [6.45, 7) is 6.80. The maximum atomic E-state index is 14.2. The molecule has 5 heteroatoms. The summed E-state index contributed by atoms with van der Waals surface area (Å²) < 4.78 is 14.2. The van der Waals surface area contributed by atoms with Crippen molar-refractivity contribution >= 4 is 17.2 Å². The maximum Gasteiger partial charge on any atom is 0.248 e. The molecule has 118 valence electrons. The largest absolute Gasteiger partial charge is 0.366 e. The Morgan fingerprint density at radius 1 is 1.32 bits per heavy atom. The standard InChI is InChI=1S/C17H21FN2OS/c1-11(2)20(12(3)15-6-7-22-10-15)9-14-5-4-13(17(19)21)8-16(14)18/h4-8,10-12H,9H2,1-3H3,(H2,19,21). The number of amides is 1. The second-order valence-corrected chi connectivity index (χ2v) is 6.45. The van der Waals surface area contributed by atoms with Gasteiger partial charge in [0, 0.05) is 29.8 Å². The number of hydrogen-bond acceptors (Lipinski definition) is 3. The quantitative estimate of drug-likeness (QED) is 0.876. The lowest BCUT2D eigenvalue weighted by Crippen LogP contribution is -2.33. The van der Waals surface area contributed by atoms with Crippen LogP contribution in [0.3, 0.4) is 0 Å². The third-order valence-electron chi connectivity index (χ3n) is 3.88. The van der Waals surface area contributed by atoms with Crippen molar-refractivity contribution in [3.8, 4) is 0 Å². The third-order valence-corrected chi connectivity index (χ3v) is 4.58. The molecule has 1 heterocycles. The van der Waals surface area contributed by atoms with Crippen molar-refractivity contribution in [2.45, 2.75) is 39.4 Å². The summed E-state index contributed by atoms with van der Waals surface area (Å²) in [5.41, 5.74) is 7.18. The monoisotopic (exact) mass is 320 g/mol. The molecule has 1 amide bonds. The molecule has 0 aliphatic rings. The second-order valence-electron chi connectivity index (χ2n) is 5.67. The van der Waals surface area contributed by atoms with Crippen LogP contribution in [-0.4, -0.2) is 16.8 Å². The number of thiophene rings is 1. The fraction of sp³-hybridized carbons (Fsp3) is 0.353. The number of rotatable bonds is 6. The van der Waals surface area contributed by atoms with E-state index in [0.717, 1.165) is 0 Å². The lowest BCUT2D eigenvalue weighted by Gasteiger charge is -2.32. The summed E-state index contributed by atoms with van der Waals surface area (Å²) in [6, 6.07) is 6.99. The zero-order valence-corrected chi connectivity index (χ0v) is 13.9. The summed E-state index contributed by atoms with van der Waals surface area (Å²) in [5.74, 6) is -1.00. The molecule has 2 rings (SSSR count). The molecular formula is C17H21FN2OS. The van der Waals surface area contributed by atoms with E-state index in [0.29, 0.717) is 12.1 Å². The van der Waals surface area contributed by atoms with Crippen LogP contribution in [0.15, 0.2) is 35.0 Å². The fourth-order valence-corrected chi connectivity index (χ4v) is 3.24. The predicted octanol–water partition coefficient (Wildman–Crippen LogP) is 3.96. The molecule has 1 unspecified atom stereocenters. The van der Waals surface area contributed by atoms with Gasteiger partial charge in [-0.25, -0.2) is 4.39 Å². The molecule has 0 saturated heterocycles. The Bertz CT molecular complexity index is 640. The summed E-state index contributed by atoms with van der Waals surface area (Å²) >= 11 is 1.66. The molecule has 3 nitrogen and oxygen atoms in total. The van der Waals surface area contributed by atoms with Crippen molar-refractivity contribution in [2.75, 3.05) is 0 Å². The van der Waals surface area contributed by atoms with Crippen LogP contribution in [0.5, 0.6) is 0 Å². The number of carbonyl (C=O) groups excluding carboxylic acids is 1. The van der Waals surface area contributed by atoms with Gasteiger partial charge in [-0.1, -0.05) is 6.07 Å². The molecule has 22 heavy (non-hydrogen) atoms. The Morgan fingerprint density at radius 2 is 2.05 bits per heavy atom. The van der Waals surface area contributed by atoms with Gasteiger partial charge in [0.15, 0.2) is 0 Å². The van der Waals surface area contributed by atoms with Crippen LogP contribution in [0, 0.1) is 5.82 Å². The van der Waals surface area contributed by atoms with Crippen molar-refractivity contribution in [3.05, 3.63) is 57.5 Å². The normalized spacial score (nSPS) is 12.8.